The number of carbonyl (C=O) groups excluding carboxylic acids is 1. The molecule has 1 atom stereocenters. The average Bonchev–Trinajstić information content (AvgIpc) is 3.07. The quantitative estimate of drug-likeness (QED) is 0.0400. The third-order valence-corrected chi connectivity index (χ3v) is 9.68. The topological polar surface area (TPSA) is 63.6 Å². The molecule has 0 aromatic carbocycles. The SMILES string of the molecule is CCCCC/C=C\C/C=C\CCCCCCCCCCCCCC(=O)OC(CCCC)CCCCCCCCCCCCCCC(=O)O. The summed E-state index contributed by atoms with van der Waals surface area (Å²) in [5.74, 6) is -0.639. The van der Waals surface area contributed by atoms with Gasteiger partial charge in [0.2, 0.25) is 0 Å². The molecule has 0 aromatic heterocycles. The fourth-order valence-electron chi connectivity index (χ4n) is 6.50. The maximum Gasteiger partial charge on any atom is 0.306 e. The third-order valence-electron chi connectivity index (χ3n) is 9.68. The van der Waals surface area contributed by atoms with Gasteiger partial charge in [-0.1, -0.05) is 186 Å². The molecule has 1 N–H and O–H groups in total. The maximum absolute atomic E-state index is 12.5. The lowest BCUT2D eigenvalue weighted by molar-refractivity contribution is -0.150. The highest BCUT2D eigenvalue weighted by Crippen LogP contribution is 2.18. The molecular formula is C44H82O4. The zero-order valence-electron chi connectivity index (χ0n) is 32.3. The molecule has 4 heteroatoms. The van der Waals surface area contributed by atoms with Crippen molar-refractivity contribution < 1.29 is 19.4 Å². The first-order valence-corrected chi connectivity index (χ1v) is 21.3. The zero-order valence-corrected chi connectivity index (χ0v) is 32.3. The van der Waals surface area contributed by atoms with E-state index in [1.165, 1.54) is 154 Å². The molecule has 0 aromatic rings. The normalized spacial score (nSPS) is 12.4. The Balaban J connectivity index is 3.59. The van der Waals surface area contributed by atoms with E-state index >= 15 is 0 Å². The summed E-state index contributed by atoms with van der Waals surface area (Å²) >= 11 is 0. The van der Waals surface area contributed by atoms with Gasteiger partial charge < -0.3 is 9.84 Å². The van der Waals surface area contributed by atoms with Gasteiger partial charge in [-0.2, -0.15) is 0 Å². The van der Waals surface area contributed by atoms with E-state index in [2.05, 4.69) is 38.2 Å². The Morgan fingerprint density at radius 1 is 0.458 bits per heavy atom. The minimum atomic E-state index is -0.669. The van der Waals surface area contributed by atoms with Crippen LogP contribution in [0.1, 0.15) is 239 Å². The number of carbonyl (C=O) groups is 2. The van der Waals surface area contributed by atoms with Crippen LogP contribution in [0.5, 0.6) is 0 Å². The summed E-state index contributed by atoms with van der Waals surface area (Å²) in [6, 6.07) is 0. The number of rotatable bonds is 39. The summed E-state index contributed by atoms with van der Waals surface area (Å²) in [5, 5.41) is 8.68. The Morgan fingerprint density at radius 2 is 0.833 bits per heavy atom. The molecule has 0 aliphatic heterocycles. The van der Waals surface area contributed by atoms with Gasteiger partial charge >= 0.3 is 11.9 Å². The molecule has 0 fully saturated rings. The molecule has 0 bridgehead atoms. The third kappa shape index (κ3) is 38.9. The standard InChI is InChI=1S/C44H82O4/c1-3-5-7-8-9-10-11-12-13-14-15-16-17-18-19-20-25-28-31-34-37-41-44(47)48-42(38-6-4-2)39-35-32-29-26-23-21-22-24-27-30-33-36-40-43(45)46/h9-10,12-13,42H,3-8,11,14-41H2,1-2H3,(H,45,46)/b10-9-,13-12-. The van der Waals surface area contributed by atoms with E-state index in [0.29, 0.717) is 12.8 Å². The van der Waals surface area contributed by atoms with Crippen molar-refractivity contribution >= 4 is 11.9 Å². The van der Waals surface area contributed by atoms with Crippen LogP contribution < -0.4 is 0 Å². The average molecular weight is 675 g/mol. The van der Waals surface area contributed by atoms with Crippen molar-refractivity contribution in [1.29, 1.82) is 0 Å². The maximum atomic E-state index is 12.5. The van der Waals surface area contributed by atoms with Gasteiger partial charge in [0.05, 0.1) is 0 Å². The van der Waals surface area contributed by atoms with Crippen molar-refractivity contribution in [2.45, 2.75) is 245 Å². The highest BCUT2D eigenvalue weighted by molar-refractivity contribution is 5.69. The van der Waals surface area contributed by atoms with Crippen LogP contribution in [-0.2, 0) is 14.3 Å². The predicted molar refractivity (Wildman–Crippen MR) is 209 cm³/mol. The van der Waals surface area contributed by atoms with Crippen LogP contribution in [0.15, 0.2) is 24.3 Å². The number of carboxylic acids is 1. The van der Waals surface area contributed by atoms with E-state index < -0.39 is 5.97 Å². The lowest BCUT2D eigenvalue weighted by Crippen LogP contribution is -2.18. The molecule has 282 valence electrons. The van der Waals surface area contributed by atoms with Crippen LogP contribution in [0.3, 0.4) is 0 Å². The van der Waals surface area contributed by atoms with Gasteiger partial charge in [-0.3, -0.25) is 9.59 Å². The molecule has 0 amide bonds. The molecule has 1 unspecified atom stereocenters. The number of aliphatic carboxylic acids is 1. The first-order valence-electron chi connectivity index (χ1n) is 21.3. The van der Waals surface area contributed by atoms with Crippen molar-refractivity contribution in [2.24, 2.45) is 0 Å². The van der Waals surface area contributed by atoms with E-state index in [-0.39, 0.29) is 12.1 Å². The number of hydrogen-bond acceptors (Lipinski definition) is 3. The lowest BCUT2D eigenvalue weighted by atomic mass is 10.0. The summed E-state index contributed by atoms with van der Waals surface area (Å²) in [7, 11) is 0. The van der Waals surface area contributed by atoms with Crippen molar-refractivity contribution in [2.75, 3.05) is 0 Å². The first-order chi connectivity index (χ1) is 23.6. The lowest BCUT2D eigenvalue weighted by Gasteiger charge is -2.18. The van der Waals surface area contributed by atoms with E-state index in [1.54, 1.807) is 0 Å². The zero-order chi connectivity index (χ0) is 35.0. The van der Waals surface area contributed by atoms with Crippen molar-refractivity contribution in [1.82, 2.24) is 0 Å². The van der Waals surface area contributed by atoms with Gasteiger partial charge in [0.1, 0.15) is 6.10 Å². The van der Waals surface area contributed by atoms with Gasteiger partial charge in [-0.05, 0) is 64.2 Å². The summed E-state index contributed by atoms with van der Waals surface area (Å²) in [6.45, 7) is 4.48. The number of allylic oxidation sites excluding steroid dienone is 4. The van der Waals surface area contributed by atoms with Gasteiger partial charge in [-0.15, -0.1) is 0 Å². The monoisotopic (exact) mass is 675 g/mol. The fourth-order valence-corrected chi connectivity index (χ4v) is 6.50. The highest BCUT2D eigenvalue weighted by Gasteiger charge is 2.14. The molecule has 0 aliphatic carbocycles. The predicted octanol–water partition coefficient (Wildman–Crippen LogP) is 14.8. The van der Waals surface area contributed by atoms with Crippen LogP contribution in [0.25, 0.3) is 0 Å². The van der Waals surface area contributed by atoms with Gasteiger partial charge in [0.15, 0.2) is 0 Å². The van der Waals surface area contributed by atoms with E-state index in [9.17, 15) is 9.59 Å². The molecule has 0 heterocycles. The minimum Gasteiger partial charge on any atom is -0.481 e. The minimum absolute atomic E-state index is 0.0307. The molecular weight excluding hydrogens is 592 g/mol. The summed E-state index contributed by atoms with van der Waals surface area (Å²) < 4.78 is 5.94. The van der Waals surface area contributed by atoms with Crippen LogP contribution in [0, 0.1) is 0 Å². The van der Waals surface area contributed by atoms with E-state index in [4.69, 9.17) is 9.84 Å². The summed E-state index contributed by atoms with van der Waals surface area (Å²) in [4.78, 5) is 23.1. The summed E-state index contributed by atoms with van der Waals surface area (Å²) in [5.41, 5.74) is 0. The van der Waals surface area contributed by atoms with Gasteiger partial charge in [0, 0.05) is 12.8 Å². The van der Waals surface area contributed by atoms with E-state index in [1.807, 2.05) is 0 Å². The molecule has 0 saturated heterocycles. The Labute approximate surface area is 299 Å². The van der Waals surface area contributed by atoms with Crippen molar-refractivity contribution in [3.05, 3.63) is 24.3 Å². The Kier molecular flexibility index (Phi) is 38.5. The number of carboxylic acid groups (broad SMARTS) is 1. The number of ether oxygens (including phenoxy) is 1. The highest BCUT2D eigenvalue weighted by atomic mass is 16.5. The molecule has 0 radical (unpaired) electrons. The molecule has 4 nitrogen and oxygen atoms in total. The number of unbranched alkanes of at least 4 members (excludes halogenated alkanes) is 26. The summed E-state index contributed by atoms with van der Waals surface area (Å²) in [6.07, 6.45) is 51.1. The molecule has 48 heavy (non-hydrogen) atoms. The Morgan fingerprint density at radius 3 is 1.29 bits per heavy atom. The fraction of sp³-hybridized carbons (Fsp3) is 0.864. The second-order valence-electron chi connectivity index (χ2n) is 14.5. The number of hydrogen-bond donors (Lipinski definition) is 1. The van der Waals surface area contributed by atoms with E-state index in [0.717, 1.165) is 57.8 Å². The van der Waals surface area contributed by atoms with Crippen LogP contribution >= 0.6 is 0 Å². The van der Waals surface area contributed by atoms with Crippen LogP contribution in [-0.4, -0.2) is 23.1 Å². The smallest absolute Gasteiger partial charge is 0.306 e. The van der Waals surface area contributed by atoms with Crippen LogP contribution in [0.4, 0.5) is 0 Å². The largest absolute Gasteiger partial charge is 0.481 e. The second-order valence-corrected chi connectivity index (χ2v) is 14.5. The van der Waals surface area contributed by atoms with Gasteiger partial charge in [0.25, 0.3) is 0 Å². The first kappa shape index (κ1) is 46.4. The van der Waals surface area contributed by atoms with Crippen molar-refractivity contribution in [3.8, 4) is 0 Å². The molecule has 0 spiro atoms. The molecule has 0 aliphatic rings. The van der Waals surface area contributed by atoms with Crippen LogP contribution in [0.2, 0.25) is 0 Å². The molecule has 0 rings (SSSR count). The van der Waals surface area contributed by atoms with Gasteiger partial charge in [-0.25, -0.2) is 0 Å². The Hall–Kier alpha value is -1.58. The second kappa shape index (κ2) is 39.9. The Bertz CT molecular complexity index is 727. The van der Waals surface area contributed by atoms with Crippen molar-refractivity contribution in [3.63, 3.8) is 0 Å². The number of esters is 1. The molecule has 0 saturated carbocycles.